The number of unbranched alkanes of at least 4 members (excludes halogenated alkanes) is 2. The van der Waals surface area contributed by atoms with Crippen molar-refractivity contribution in [3.63, 3.8) is 0 Å². The lowest BCUT2D eigenvalue weighted by Crippen LogP contribution is -2.26. The summed E-state index contributed by atoms with van der Waals surface area (Å²) in [7, 11) is 1.87. The number of ether oxygens (including phenoxy) is 1. The van der Waals surface area contributed by atoms with Gasteiger partial charge in [0.15, 0.2) is 0 Å². The molecule has 0 aromatic rings. The van der Waals surface area contributed by atoms with E-state index in [2.05, 4.69) is 13.5 Å². The predicted octanol–water partition coefficient (Wildman–Crippen LogP) is 3.35. The molecule has 0 aliphatic heterocycles. The molecular formula is C15H30O4Si. The zero-order chi connectivity index (χ0) is 15.4. The predicted molar refractivity (Wildman–Crippen MR) is 84.1 cm³/mol. The Bertz CT molecular complexity index is 277. The number of carbonyl (C=O) groups excluding carboxylic acids is 1. The molecule has 0 amide bonds. The second-order valence-corrected chi connectivity index (χ2v) is 7.78. The van der Waals surface area contributed by atoms with Crippen LogP contribution in [-0.2, 0) is 18.4 Å². The van der Waals surface area contributed by atoms with Crippen LogP contribution in [0, 0.1) is 0 Å². The lowest BCUT2D eigenvalue weighted by Gasteiger charge is -2.22. The van der Waals surface area contributed by atoms with Gasteiger partial charge < -0.3 is 13.6 Å². The highest BCUT2D eigenvalue weighted by Crippen LogP contribution is 2.25. The number of hydrogen-bond acceptors (Lipinski definition) is 4. The van der Waals surface area contributed by atoms with Gasteiger partial charge >= 0.3 is 15.3 Å². The van der Waals surface area contributed by atoms with Crippen LogP contribution in [0.25, 0.3) is 0 Å². The molecule has 1 unspecified atom stereocenters. The fraction of sp³-hybridized carbons (Fsp3) is 0.800. The van der Waals surface area contributed by atoms with Gasteiger partial charge in [0.25, 0.3) is 0 Å². The Morgan fingerprint density at radius 2 is 1.75 bits per heavy atom. The normalized spacial score (nSPS) is 12.4. The summed E-state index contributed by atoms with van der Waals surface area (Å²) in [4.78, 5) is 11.3. The Kier molecular flexibility index (Phi) is 11.7. The molecule has 0 aromatic heterocycles. The Balaban J connectivity index is 4.07. The monoisotopic (exact) mass is 302 g/mol. The van der Waals surface area contributed by atoms with E-state index in [0.29, 0.717) is 17.7 Å². The molecule has 118 valence electrons. The first-order valence-corrected chi connectivity index (χ1v) is 9.05. The van der Waals surface area contributed by atoms with E-state index in [1.165, 1.54) is 19.3 Å². The van der Waals surface area contributed by atoms with Gasteiger partial charge in [0.2, 0.25) is 0 Å². The minimum absolute atomic E-state index is 0.306. The highest BCUT2D eigenvalue weighted by Gasteiger charge is 2.23. The van der Waals surface area contributed by atoms with Crippen LogP contribution >= 0.6 is 0 Å². The summed E-state index contributed by atoms with van der Waals surface area (Å²) in [5.41, 5.74) is 0.936. The SMILES string of the molecule is C=C(C)C(=O)OCCCC(CCCCC)[SiH](OC)OC. The molecule has 0 fully saturated rings. The smallest absolute Gasteiger partial charge is 0.333 e. The fourth-order valence-electron chi connectivity index (χ4n) is 2.19. The molecule has 0 aliphatic carbocycles. The van der Waals surface area contributed by atoms with Gasteiger partial charge in [-0.2, -0.15) is 0 Å². The van der Waals surface area contributed by atoms with Crippen LogP contribution in [0.1, 0.15) is 52.4 Å². The second kappa shape index (κ2) is 12.1. The van der Waals surface area contributed by atoms with Crippen molar-refractivity contribution in [3.8, 4) is 0 Å². The topological polar surface area (TPSA) is 44.8 Å². The van der Waals surface area contributed by atoms with Gasteiger partial charge in [0.1, 0.15) is 0 Å². The van der Waals surface area contributed by atoms with Crippen LogP contribution in [0.3, 0.4) is 0 Å². The van der Waals surface area contributed by atoms with Crippen molar-refractivity contribution in [2.45, 2.75) is 57.9 Å². The summed E-state index contributed by atoms with van der Waals surface area (Å²) in [5, 5.41) is 0. The summed E-state index contributed by atoms with van der Waals surface area (Å²) in [6, 6.07) is 0. The highest BCUT2D eigenvalue weighted by molar-refractivity contribution is 6.46. The van der Waals surface area contributed by atoms with Crippen LogP contribution in [0.5, 0.6) is 0 Å². The first kappa shape index (κ1) is 19.3. The highest BCUT2D eigenvalue weighted by atomic mass is 28.3. The third-order valence-corrected chi connectivity index (χ3v) is 5.69. The summed E-state index contributed by atoms with van der Waals surface area (Å²) in [6.45, 7) is 7.88. The van der Waals surface area contributed by atoms with Gasteiger partial charge in [-0.25, -0.2) is 4.79 Å². The van der Waals surface area contributed by atoms with E-state index in [1.54, 1.807) is 21.1 Å². The third-order valence-electron chi connectivity index (χ3n) is 3.33. The minimum atomic E-state index is -1.59. The van der Waals surface area contributed by atoms with Gasteiger partial charge in [0, 0.05) is 19.8 Å². The zero-order valence-electron chi connectivity index (χ0n) is 13.4. The zero-order valence-corrected chi connectivity index (χ0v) is 14.6. The molecular weight excluding hydrogens is 272 g/mol. The van der Waals surface area contributed by atoms with Crippen molar-refractivity contribution in [2.24, 2.45) is 0 Å². The van der Waals surface area contributed by atoms with Crippen LogP contribution in [0.15, 0.2) is 12.2 Å². The quantitative estimate of drug-likeness (QED) is 0.240. The van der Waals surface area contributed by atoms with Crippen molar-refractivity contribution < 1.29 is 18.4 Å². The molecule has 0 rings (SSSR count). The largest absolute Gasteiger partial charge is 0.462 e. The van der Waals surface area contributed by atoms with Gasteiger partial charge in [0.05, 0.1) is 6.61 Å². The number of rotatable bonds is 12. The van der Waals surface area contributed by atoms with E-state index in [4.69, 9.17) is 13.6 Å². The summed E-state index contributed by atoms with van der Waals surface area (Å²) in [6.07, 6.45) is 6.66. The molecule has 0 N–H and O–H groups in total. The first-order chi connectivity index (χ1) is 9.56. The minimum Gasteiger partial charge on any atom is -0.462 e. The van der Waals surface area contributed by atoms with E-state index in [-0.39, 0.29) is 5.97 Å². The molecule has 4 nitrogen and oxygen atoms in total. The average Bonchev–Trinajstić information content (AvgIpc) is 2.43. The summed E-state index contributed by atoms with van der Waals surface area (Å²) in [5.74, 6) is -0.306. The van der Waals surface area contributed by atoms with Crippen LogP contribution in [0.2, 0.25) is 5.54 Å². The summed E-state index contributed by atoms with van der Waals surface area (Å²) < 4.78 is 16.1. The molecule has 0 aromatic carbocycles. The molecule has 1 atom stereocenters. The lowest BCUT2D eigenvalue weighted by atomic mass is 10.1. The molecule has 0 aliphatic rings. The Hall–Kier alpha value is -0.653. The van der Waals surface area contributed by atoms with Crippen molar-refractivity contribution >= 4 is 15.3 Å². The van der Waals surface area contributed by atoms with Gasteiger partial charge in [-0.05, 0) is 31.7 Å². The van der Waals surface area contributed by atoms with Crippen LogP contribution in [-0.4, -0.2) is 36.1 Å². The maximum absolute atomic E-state index is 11.3. The van der Waals surface area contributed by atoms with E-state index < -0.39 is 9.28 Å². The van der Waals surface area contributed by atoms with Crippen LogP contribution in [0.4, 0.5) is 0 Å². The van der Waals surface area contributed by atoms with E-state index in [0.717, 1.165) is 19.3 Å². The Morgan fingerprint density at radius 3 is 2.25 bits per heavy atom. The average molecular weight is 302 g/mol. The number of esters is 1. The van der Waals surface area contributed by atoms with Gasteiger partial charge in [-0.15, -0.1) is 0 Å². The second-order valence-electron chi connectivity index (χ2n) is 5.15. The summed E-state index contributed by atoms with van der Waals surface area (Å²) >= 11 is 0. The molecule has 0 spiro atoms. The maximum Gasteiger partial charge on any atom is 0.333 e. The van der Waals surface area contributed by atoms with E-state index in [1.807, 2.05) is 0 Å². The number of carbonyl (C=O) groups is 1. The van der Waals surface area contributed by atoms with Crippen LogP contribution < -0.4 is 0 Å². The molecule has 20 heavy (non-hydrogen) atoms. The fourth-order valence-corrected chi connectivity index (χ4v) is 4.17. The Morgan fingerprint density at radius 1 is 1.15 bits per heavy atom. The van der Waals surface area contributed by atoms with Crippen molar-refractivity contribution in [1.82, 2.24) is 0 Å². The standard InChI is InChI=1S/C15H30O4Si/c1-6-7-8-10-14(20(17-4)18-5)11-9-12-19-15(16)13(2)3/h14,20H,2,6-12H2,1,3-5H3. The molecule has 0 saturated heterocycles. The Labute approximate surface area is 125 Å². The molecule has 0 heterocycles. The third kappa shape index (κ3) is 8.50. The van der Waals surface area contributed by atoms with E-state index >= 15 is 0 Å². The maximum atomic E-state index is 11.3. The lowest BCUT2D eigenvalue weighted by molar-refractivity contribution is -0.139. The molecule has 0 bridgehead atoms. The van der Waals surface area contributed by atoms with E-state index in [9.17, 15) is 4.79 Å². The van der Waals surface area contributed by atoms with Gasteiger partial charge in [-0.1, -0.05) is 32.8 Å². The molecule has 0 saturated carbocycles. The first-order valence-electron chi connectivity index (χ1n) is 7.45. The van der Waals surface area contributed by atoms with Crippen molar-refractivity contribution in [2.75, 3.05) is 20.8 Å². The van der Waals surface area contributed by atoms with Crippen molar-refractivity contribution in [1.29, 1.82) is 0 Å². The van der Waals surface area contributed by atoms with Gasteiger partial charge in [-0.3, -0.25) is 0 Å². The number of hydrogen-bond donors (Lipinski definition) is 0. The molecule has 0 radical (unpaired) electrons. The molecule has 5 heteroatoms. The van der Waals surface area contributed by atoms with Crippen molar-refractivity contribution in [3.05, 3.63) is 12.2 Å².